The summed E-state index contributed by atoms with van der Waals surface area (Å²) in [5, 5.41) is 0. The molecule has 0 amide bonds. The molecule has 0 saturated carbocycles. The van der Waals surface area contributed by atoms with Crippen LogP contribution in [0.1, 0.15) is 0 Å². The minimum absolute atomic E-state index is 0.249. The molecule has 0 atom stereocenters. The monoisotopic (exact) mass is 200 g/mol. The quantitative estimate of drug-likeness (QED) is 0.758. The van der Waals surface area contributed by atoms with Crippen molar-refractivity contribution in [2.24, 2.45) is 0 Å². The molecular weight excluding hydrogens is 192 g/mol. The molecule has 4 nitrogen and oxygen atoms in total. The second-order valence-corrected chi connectivity index (χ2v) is 2.69. The van der Waals surface area contributed by atoms with Crippen molar-refractivity contribution in [1.29, 1.82) is 0 Å². The summed E-state index contributed by atoms with van der Waals surface area (Å²) in [6.07, 6.45) is 3.97. The molecule has 2 radical (unpaired) electrons. The minimum atomic E-state index is 0.249. The van der Waals surface area contributed by atoms with Gasteiger partial charge in [0.05, 0.1) is 7.11 Å². The van der Waals surface area contributed by atoms with Gasteiger partial charge in [0.25, 0.3) is 0 Å². The number of aromatic nitrogens is 2. The number of nitrogens with zero attached hydrogens (tertiary/aromatic N) is 2. The lowest BCUT2D eigenvalue weighted by atomic mass is 10.3. The summed E-state index contributed by atoms with van der Waals surface area (Å²) >= 11 is 0. The van der Waals surface area contributed by atoms with Crippen molar-refractivity contribution in [2.45, 2.75) is 0 Å². The summed E-state index contributed by atoms with van der Waals surface area (Å²) in [6.45, 7) is 0. The van der Waals surface area contributed by atoms with E-state index in [2.05, 4.69) is 22.2 Å². The van der Waals surface area contributed by atoms with Gasteiger partial charge in [0.1, 0.15) is 17.7 Å². The maximum Gasteiger partial charge on any atom is 0.322 e. The summed E-state index contributed by atoms with van der Waals surface area (Å²) in [4.78, 5) is 7.64. The Morgan fingerprint density at radius 2 is 1.87 bits per heavy atom. The van der Waals surface area contributed by atoms with Gasteiger partial charge in [-0.3, -0.25) is 0 Å². The molecule has 0 aliphatic heterocycles. The Hall–Kier alpha value is -2.10. The fourth-order valence-corrected chi connectivity index (χ4v) is 1.02. The van der Waals surface area contributed by atoms with Crippen molar-refractivity contribution in [2.75, 3.05) is 7.11 Å². The van der Waals surface area contributed by atoms with Crippen LogP contribution in [0.25, 0.3) is 0 Å². The molecule has 0 aliphatic carbocycles. The molecule has 2 aromatic rings. The van der Waals surface area contributed by atoms with Crippen molar-refractivity contribution in [3.8, 4) is 17.5 Å². The SMILES string of the molecule is COc1ccc(Oc2n[c][c]cn2)cc1. The van der Waals surface area contributed by atoms with Gasteiger partial charge in [-0.05, 0) is 24.3 Å². The number of rotatable bonds is 3. The molecule has 15 heavy (non-hydrogen) atoms. The minimum Gasteiger partial charge on any atom is -0.497 e. The highest BCUT2D eigenvalue weighted by Crippen LogP contribution is 2.20. The molecule has 0 aliphatic rings. The molecule has 0 bridgehead atoms. The fraction of sp³-hybridized carbons (Fsp3) is 0.0909. The summed E-state index contributed by atoms with van der Waals surface area (Å²) in [7, 11) is 1.61. The van der Waals surface area contributed by atoms with Gasteiger partial charge in [0, 0.05) is 12.3 Å². The summed E-state index contributed by atoms with van der Waals surface area (Å²) in [6, 6.07) is 9.99. The Bertz CT molecular complexity index is 414. The van der Waals surface area contributed by atoms with Crippen LogP contribution in [0, 0.1) is 12.3 Å². The van der Waals surface area contributed by atoms with Gasteiger partial charge in [-0.2, -0.15) is 4.98 Å². The molecule has 0 N–H and O–H groups in total. The lowest BCUT2D eigenvalue weighted by Crippen LogP contribution is -1.90. The first-order chi connectivity index (χ1) is 7.38. The lowest BCUT2D eigenvalue weighted by molar-refractivity contribution is 0.410. The third kappa shape index (κ3) is 2.43. The van der Waals surface area contributed by atoms with Crippen LogP contribution in [-0.2, 0) is 0 Å². The predicted octanol–water partition coefficient (Wildman–Crippen LogP) is 1.88. The topological polar surface area (TPSA) is 44.2 Å². The zero-order valence-corrected chi connectivity index (χ0v) is 8.10. The summed E-state index contributed by atoms with van der Waals surface area (Å²) < 4.78 is 10.4. The predicted molar refractivity (Wildman–Crippen MR) is 52.8 cm³/mol. The van der Waals surface area contributed by atoms with E-state index in [9.17, 15) is 0 Å². The van der Waals surface area contributed by atoms with Crippen molar-refractivity contribution >= 4 is 0 Å². The number of hydrogen-bond donors (Lipinski definition) is 0. The van der Waals surface area contributed by atoms with Gasteiger partial charge in [-0.1, -0.05) is 0 Å². The second kappa shape index (κ2) is 4.41. The zero-order chi connectivity index (χ0) is 10.5. The summed E-state index contributed by atoms with van der Waals surface area (Å²) in [5.41, 5.74) is 0. The molecule has 74 valence electrons. The Balaban J connectivity index is 2.11. The van der Waals surface area contributed by atoms with Crippen molar-refractivity contribution in [3.05, 3.63) is 42.7 Å². The van der Waals surface area contributed by atoms with Gasteiger partial charge in [0.2, 0.25) is 0 Å². The molecule has 0 fully saturated rings. The van der Waals surface area contributed by atoms with Crippen molar-refractivity contribution in [3.63, 3.8) is 0 Å². The normalized spacial score (nSPS) is 9.67. The highest BCUT2D eigenvalue weighted by molar-refractivity contribution is 5.32. The maximum atomic E-state index is 5.35. The molecule has 4 heteroatoms. The maximum absolute atomic E-state index is 5.35. The average molecular weight is 200 g/mol. The molecule has 2 rings (SSSR count). The fourth-order valence-electron chi connectivity index (χ4n) is 1.02. The van der Waals surface area contributed by atoms with E-state index in [0.717, 1.165) is 5.75 Å². The standard InChI is InChI=1S/C11H8N2O2/c1-14-9-3-5-10(6-4-9)15-11-12-7-2-8-13-11/h3-7H,1H3. The molecule has 1 aromatic carbocycles. The van der Waals surface area contributed by atoms with Gasteiger partial charge in [-0.15, -0.1) is 0 Å². The lowest BCUT2D eigenvalue weighted by Gasteiger charge is -2.03. The van der Waals surface area contributed by atoms with Crippen LogP contribution in [-0.4, -0.2) is 17.1 Å². The van der Waals surface area contributed by atoms with Crippen molar-refractivity contribution < 1.29 is 9.47 Å². The first-order valence-corrected chi connectivity index (χ1v) is 4.31. The first-order valence-electron chi connectivity index (χ1n) is 4.31. The Kier molecular flexibility index (Phi) is 2.78. The highest BCUT2D eigenvalue weighted by Gasteiger charge is 1.98. The van der Waals surface area contributed by atoms with Crippen LogP contribution in [0.5, 0.6) is 17.5 Å². The number of benzene rings is 1. The van der Waals surface area contributed by atoms with E-state index in [1.807, 2.05) is 0 Å². The molecule has 1 heterocycles. The van der Waals surface area contributed by atoms with Crippen LogP contribution in [0.15, 0.2) is 30.5 Å². The van der Waals surface area contributed by atoms with E-state index in [4.69, 9.17) is 9.47 Å². The average Bonchev–Trinajstić information content (AvgIpc) is 2.31. The largest absolute Gasteiger partial charge is 0.497 e. The van der Waals surface area contributed by atoms with E-state index in [0.29, 0.717) is 5.75 Å². The Morgan fingerprint density at radius 3 is 2.47 bits per heavy atom. The third-order valence-electron chi connectivity index (χ3n) is 1.72. The van der Waals surface area contributed by atoms with Gasteiger partial charge in [0.15, 0.2) is 0 Å². The van der Waals surface area contributed by atoms with Gasteiger partial charge in [-0.25, -0.2) is 4.98 Å². The Morgan fingerprint density at radius 1 is 1.13 bits per heavy atom. The third-order valence-corrected chi connectivity index (χ3v) is 1.72. The van der Waals surface area contributed by atoms with Crippen LogP contribution < -0.4 is 9.47 Å². The molecular formula is C11H8N2O2. The van der Waals surface area contributed by atoms with E-state index < -0.39 is 0 Å². The Labute approximate surface area is 87.5 Å². The van der Waals surface area contributed by atoms with E-state index in [-0.39, 0.29) is 6.01 Å². The van der Waals surface area contributed by atoms with Crippen LogP contribution in [0.4, 0.5) is 0 Å². The summed E-state index contributed by atoms with van der Waals surface area (Å²) in [5.74, 6) is 1.42. The molecule has 0 spiro atoms. The zero-order valence-electron chi connectivity index (χ0n) is 8.10. The number of ether oxygens (including phenoxy) is 2. The van der Waals surface area contributed by atoms with Crippen LogP contribution in [0.2, 0.25) is 0 Å². The van der Waals surface area contributed by atoms with Crippen LogP contribution in [0.3, 0.4) is 0 Å². The van der Waals surface area contributed by atoms with E-state index in [1.54, 1.807) is 31.4 Å². The second-order valence-electron chi connectivity index (χ2n) is 2.69. The van der Waals surface area contributed by atoms with Gasteiger partial charge >= 0.3 is 6.01 Å². The number of hydrogen-bond acceptors (Lipinski definition) is 4. The van der Waals surface area contributed by atoms with Gasteiger partial charge < -0.3 is 9.47 Å². The first kappa shape index (κ1) is 9.45. The smallest absolute Gasteiger partial charge is 0.322 e. The molecule has 0 saturated heterocycles. The molecule has 1 aromatic heterocycles. The van der Waals surface area contributed by atoms with E-state index >= 15 is 0 Å². The van der Waals surface area contributed by atoms with Crippen LogP contribution >= 0.6 is 0 Å². The van der Waals surface area contributed by atoms with Crippen molar-refractivity contribution in [1.82, 2.24) is 9.97 Å². The highest BCUT2D eigenvalue weighted by atomic mass is 16.5. The molecule has 0 unspecified atom stereocenters. The van der Waals surface area contributed by atoms with E-state index in [1.165, 1.54) is 6.20 Å². The number of methoxy groups -OCH3 is 1.